The molecule has 3 nitrogen and oxygen atoms in total. The van der Waals surface area contributed by atoms with E-state index < -0.39 is 0 Å². The van der Waals surface area contributed by atoms with E-state index >= 15 is 0 Å². The fourth-order valence-electron chi connectivity index (χ4n) is 1.65. The van der Waals surface area contributed by atoms with Crippen molar-refractivity contribution in [3.63, 3.8) is 0 Å². The molecule has 0 saturated carbocycles. The van der Waals surface area contributed by atoms with E-state index in [0.717, 1.165) is 0 Å². The Balaban J connectivity index is 2.08. The Kier molecular flexibility index (Phi) is 4.13. The summed E-state index contributed by atoms with van der Waals surface area (Å²) in [6.07, 6.45) is 0. The van der Waals surface area contributed by atoms with Crippen molar-refractivity contribution in [2.24, 2.45) is 0 Å². The van der Waals surface area contributed by atoms with E-state index in [-0.39, 0.29) is 18.3 Å². The average Bonchev–Trinajstić information content (AvgIpc) is 2.46. The molecule has 2 rings (SSSR count). The van der Waals surface area contributed by atoms with Crippen molar-refractivity contribution in [2.75, 3.05) is 7.05 Å². The summed E-state index contributed by atoms with van der Waals surface area (Å²) in [5, 5.41) is 2.54. The Labute approximate surface area is 111 Å². The SMILES string of the molecule is CNC(=O)c1cccc(OCc2ccccc2F)c1. The number of amides is 1. The van der Waals surface area contributed by atoms with E-state index in [1.54, 1.807) is 49.5 Å². The molecule has 0 radical (unpaired) electrons. The molecule has 0 spiro atoms. The molecule has 0 unspecified atom stereocenters. The van der Waals surface area contributed by atoms with Crippen molar-refractivity contribution in [3.8, 4) is 5.75 Å². The fourth-order valence-corrected chi connectivity index (χ4v) is 1.65. The van der Waals surface area contributed by atoms with Crippen LogP contribution in [0.4, 0.5) is 4.39 Å². The van der Waals surface area contributed by atoms with Crippen LogP contribution in [-0.2, 0) is 6.61 Å². The molecule has 0 aromatic heterocycles. The standard InChI is InChI=1S/C15H14FNO2/c1-17-15(18)11-6-4-7-13(9-11)19-10-12-5-2-3-8-14(12)16/h2-9H,10H2,1H3,(H,17,18). The van der Waals surface area contributed by atoms with Gasteiger partial charge in [0.2, 0.25) is 0 Å². The van der Waals surface area contributed by atoms with Gasteiger partial charge < -0.3 is 10.1 Å². The highest BCUT2D eigenvalue weighted by molar-refractivity contribution is 5.94. The maximum atomic E-state index is 13.4. The first kappa shape index (κ1) is 13.1. The van der Waals surface area contributed by atoms with E-state index in [1.165, 1.54) is 6.07 Å². The molecule has 19 heavy (non-hydrogen) atoms. The molecule has 0 aliphatic rings. The van der Waals surface area contributed by atoms with Crippen molar-refractivity contribution in [1.29, 1.82) is 0 Å². The largest absolute Gasteiger partial charge is 0.489 e. The molecule has 2 aromatic carbocycles. The first-order valence-corrected chi connectivity index (χ1v) is 5.89. The van der Waals surface area contributed by atoms with Gasteiger partial charge in [-0.2, -0.15) is 0 Å². The maximum absolute atomic E-state index is 13.4. The number of carbonyl (C=O) groups excluding carboxylic acids is 1. The lowest BCUT2D eigenvalue weighted by Crippen LogP contribution is -2.17. The third kappa shape index (κ3) is 3.31. The molecule has 2 aromatic rings. The Morgan fingerprint density at radius 1 is 1.21 bits per heavy atom. The Morgan fingerprint density at radius 3 is 2.74 bits per heavy atom. The van der Waals surface area contributed by atoms with Gasteiger partial charge in [-0.3, -0.25) is 4.79 Å². The zero-order chi connectivity index (χ0) is 13.7. The Hall–Kier alpha value is -2.36. The normalized spacial score (nSPS) is 10.0. The highest BCUT2D eigenvalue weighted by atomic mass is 19.1. The highest BCUT2D eigenvalue weighted by Crippen LogP contribution is 2.16. The van der Waals surface area contributed by atoms with Crippen molar-refractivity contribution in [1.82, 2.24) is 5.32 Å². The van der Waals surface area contributed by atoms with E-state index in [9.17, 15) is 9.18 Å². The van der Waals surface area contributed by atoms with Crippen LogP contribution in [0.25, 0.3) is 0 Å². The first-order valence-electron chi connectivity index (χ1n) is 5.89. The molecule has 98 valence electrons. The van der Waals surface area contributed by atoms with Crippen molar-refractivity contribution in [3.05, 3.63) is 65.5 Å². The summed E-state index contributed by atoms with van der Waals surface area (Å²) in [6.45, 7) is 0.129. The van der Waals surface area contributed by atoms with Crippen LogP contribution in [0.3, 0.4) is 0 Å². The average molecular weight is 259 g/mol. The number of benzene rings is 2. The molecule has 0 bridgehead atoms. The molecule has 0 aliphatic carbocycles. The van der Waals surface area contributed by atoms with Crippen LogP contribution in [0.2, 0.25) is 0 Å². The molecule has 1 N–H and O–H groups in total. The molecule has 1 amide bonds. The summed E-state index contributed by atoms with van der Waals surface area (Å²) in [5.41, 5.74) is 0.987. The van der Waals surface area contributed by atoms with Gasteiger partial charge in [-0.1, -0.05) is 24.3 Å². The van der Waals surface area contributed by atoms with Gasteiger partial charge in [0.05, 0.1) is 0 Å². The molecule has 4 heteroatoms. The molecule has 0 fully saturated rings. The van der Waals surface area contributed by atoms with Crippen molar-refractivity contribution < 1.29 is 13.9 Å². The third-order valence-corrected chi connectivity index (χ3v) is 2.68. The van der Waals surface area contributed by atoms with Gasteiger partial charge in [-0.15, -0.1) is 0 Å². The quantitative estimate of drug-likeness (QED) is 0.916. The molecule has 0 heterocycles. The third-order valence-electron chi connectivity index (χ3n) is 2.68. The van der Waals surface area contributed by atoms with E-state index in [2.05, 4.69) is 5.32 Å². The van der Waals surface area contributed by atoms with Gasteiger partial charge in [0.1, 0.15) is 18.2 Å². The Bertz CT molecular complexity index is 584. The fraction of sp³-hybridized carbons (Fsp3) is 0.133. The van der Waals surface area contributed by atoms with Crippen LogP contribution in [0, 0.1) is 5.82 Å². The summed E-state index contributed by atoms with van der Waals surface area (Å²) < 4.78 is 18.9. The van der Waals surface area contributed by atoms with Gasteiger partial charge >= 0.3 is 0 Å². The lowest BCUT2D eigenvalue weighted by molar-refractivity contribution is 0.0962. The van der Waals surface area contributed by atoms with E-state index in [4.69, 9.17) is 4.74 Å². The van der Waals surface area contributed by atoms with Crippen LogP contribution in [-0.4, -0.2) is 13.0 Å². The van der Waals surface area contributed by atoms with Crippen LogP contribution >= 0.6 is 0 Å². The number of ether oxygens (including phenoxy) is 1. The zero-order valence-corrected chi connectivity index (χ0v) is 10.5. The second-order valence-corrected chi connectivity index (χ2v) is 3.99. The van der Waals surface area contributed by atoms with Gasteiger partial charge in [0, 0.05) is 18.2 Å². The smallest absolute Gasteiger partial charge is 0.251 e. The molecular weight excluding hydrogens is 245 g/mol. The summed E-state index contributed by atoms with van der Waals surface area (Å²) in [7, 11) is 1.56. The van der Waals surface area contributed by atoms with Crippen LogP contribution in [0.15, 0.2) is 48.5 Å². The highest BCUT2D eigenvalue weighted by Gasteiger charge is 2.05. The molecule has 0 atom stereocenters. The number of rotatable bonds is 4. The number of hydrogen-bond donors (Lipinski definition) is 1. The van der Waals surface area contributed by atoms with Crippen LogP contribution < -0.4 is 10.1 Å². The number of halogens is 1. The zero-order valence-electron chi connectivity index (χ0n) is 10.5. The number of nitrogens with one attached hydrogen (secondary N) is 1. The number of carbonyl (C=O) groups is 1. The topological polar surface area (TPSA) is 38.3 Å². The summed E-state index contributed by atoms with van der Waals surface area (Å²) in [4.78, 5) is 11.5. The van der Waals surface area contributed by atoms with Gasteiger partial charge in [0.25, 0.3) is 5.91 Å². The van der Waals surface area contributed by atoms with Gasteiger partial charge in [0.15, 0.2) is 0 Å². The molecule has 0 saturated heterocycles. The maximum Gasteiger partial charge on any atom is 0.251 e. The predicted octanol–water partition coefficient (Wildman–Crippen LogP) is 2.76. The second-order valence-electron chi connectivity index (χ2n) is 3.99. The summed E-state index contributed by atoms with van der Waals surface area (Å²) >= 11 is 0. The van der Waals surface area contributed by atoms with Gasteiger partial charge in [-0.25, -0.2) is 4.39 Å². The summed E-state index contributed by atoms with van der Waals surface area (Å²) in [5.74, 6) is 0.0469. The minimum atomic E-state index is -0.301. The first-order chi connectivity index (χ1) is 9.20. The minimum Gasteiger partial charge on any atom is -0.489 e. The predicted molar refractivity (Wildman–Crippen MR) is 70.6 cm³/mol. The lowest BCUT2D eigenvalue weighted by atomic mass is 10.2. The molecule has 0 aliphatic heterocycles. The summed E-state index contributed by atoms with van der Waals surface area (Å²) in [6, 6.07) is 13.2. The van der Waals surface area contributed by atoms with Gasteiger partial charge in [-0.05, 0) is 24.3 Å². The molecular formula is C15H14FNO2. The minimum absolute atomic E-state index is 0.129. The van der Waals surface area contributed by atoms with E-state index in [0.29, 0.717) is 16.9 Å². The van der Waals surface area contributed by atoms with Crippen molar-refractivity contribution >= 4 is 5.91 Å². The van der Waals surface area contributed by atoms with E-state index in [1.807, 2.05) is 0 Å². The van der Waals surface area contributed by atoms with Crippen LogP contribution in [0.5, 0.6) is 5.75 Å². The number of hydrogen-bond acceptors (Lipinski definition) is 2. The van der Waals surface area contributed by atoms with Crippen molar-refractivity contribution in [2.45, 2.75) is 6.61 Å². The lowest BCUT2D eigenvalue weighted by Gasteiger charge is -2.08. The Morgan fingerprint density at radius 2 is 2.00 bits per heavy atom. The van der Waals surface area contributed by atoms with Crippen LogP contribution in [0.1, 0.15) is 15.9 Å². The second kappa shape index (κ2) is 6.00. The monoisotopic (exact) mass is 259 g/mol.